The first kappa shape index (κ1) is 22.9. The predicted molar refractivity (Wildman–Crippen MR) is 132 cm³/mol. The number of rotatable bonds is 4. The number of carbonyl (C=O) groups excluding carboxylic acids is 2. The van der Waals surface area contributed by atoms with Gasteiger partial charge in [-0.3, -0.25) is 19.7 Å². The quantitative estimate of drug-likeness (QED) is 0.335. The highest BCUT2D eigenvalue weighted by Gasteiger charge is 2.49. The maximum atomic E-state index is 12.9. The van der Waals surface area contributed by atoms with E-state index >= 15 is 0 Å². The van der Waals surface area contributed by atoms with Gasteiger partial charge in [-0.15, -0.1) is 0 Å². The molecule has 2 heterocycles. The molecule has 0 aromatic heterocycles. The van der Waals surface area contributed by atoms with Gasteiger partial charge in [0.1, 0.15) is 5.69 Å². The molecule has 1 aliphatic carbocycles. The Morgan fingerprint density at radius 2 is 1.38 bits per heavy atom. The van der Waals surface area contributed by atoms with Gasteiger partial charge in [0.2, 0.25) is 11.8 Å². The number of benzene rings is 2. The molecule has 2 amide bonds. The zero-order valence-electron chi connectivity index (χ0n) is 18.5. The Kier molecular flexibility index (Phi) is 6.12. The van der Waals surface area contributed by atoms with Crippen molar-refractivity contribution in [1.82, 2.24) is 0 Å². The van der Waals surface area contributed by atoms with Gasteiger partial charge in [-0.2, -0.15) is 0 Å². The predicted octanol–water partition coefficient (Wildman–Crippen LogP) is 4.91. The van der Waals surface area contributed by atoms with Crippen molar-refractivity contribution in [2.75, 3.05) is 40.9 Å². The van der Waals surface area contributed by atoms with Crippen LogP contribution in [-0.2, 0) is 9.59 Å². The second-order valence-corrected chi connectivity index (χ2v) is 9.83. The lowest BCUT2D eigenvalue weighted by Crippen LogP contribution is -2.46. The molecular formula is C24H24Cl2N4O4. The van der Waals surface area contributed by atoms with Crippen LogP contribution >= 0.6 is 23.2 Å². The lowest BCUT2D eigenvalue weighted by molar-refractivity contribution is -0.384. The zero-order chi connectivity index (χ0) is 24.0. The van der Waals surface area contributed by atoms with Gasteiger partial charge >= 0.3 is 0 Å². The average Bonchev–Trinajstić information content (AvgIpc) is 3.10. The number of anilines is 3. The maximum absolute atomic E-state index is 12.9. The molecule has 3 fully saturated rings. The molecule has 0 N–H and O–H groups in total. The molecule has 10 heteroatoms. The van der Waals surface area contributed by atoms with E-state index in [1.54, 1.807) is 18.2 Å². The van der Waals surface area contributed by atoms with Crippen LogP contribution in [0.2, 0.25) is 10.0 Å². The molecule has 5 rings (SSSR count). The Morgan fingerprint density at radius 1 is 0.794 bits per heavy atom. The minimum Gasteiger partial charge on any atom is -0.368 e. The zero-order valence-corrected chi connectivity index (χ0v) is 20.0. The van der Waals surface area contributed by atoms with E-state index in [0.29, 0.717) is 54.8 Å². The highest BCUT2D eigenvalue weighted by Crippen LogP contribution is 2.42. The molecule has 1 saturated carbocycles. The number of nitrogens with zero attached hydrogens (tertiary/aromatic N) is 4. The molecule has 2 aromatic rings. The van der Waals surface area contributed by atoms with Crippen LogP contribution < -0.4 is 14.7 Å². The van der Waals surface area contributed by atoms with Crippen molar-refractivity contribution < 1.29 is 14.5 Å². The van der Waals surface area contributed by atoms with Crippen LogP contribution in [0.15, 0.2) is 36.4 Å². The maximum Gasteiger partial charge on any atom is 0.294 e. The molecular weight excluding hydrogens is 479 g/mol. The van der Waals surface area contributed by atoms with Crippen LogP contribution in [0, 0.1) is 22.0 Å². The third-order valence-electron chi connectivity index (χ3n) is 7.14. The van der Waals surface area contributed by atoms with Crippen LogP contribution in [0.3, 0.4) is 0 Å². The summed E-state index contributed by atoms with van der Waals surface area (Å²) in [6, 6.07) is 10.2. The molecule has 8 nitrogen and oxygen atoms in total. The Hall–Kier alpha value is -2.84. The number of hydrogen-bond donors (Lipinski definition) is 0. The summed E-state index contributed by atoms with van der Waals surface area (Å²) < 4.78 is 0. The Balaban J connectivity index is 1.36. The van der Waals surface area contributed by atoms with Crippen molar-refractivity contribution in [1.29, 1.82) is 0 Å². The summed E-state index contributed by atoms with van der Waals surface area (Å²) in [5.74, 6) is -1.05. The number of imide groups is 1. The molecule has 2 atom stereocenters. The van der Waals surface area contributed by atoms with Crippen molar-refractivity contribution in [3.05, 3.63) is 56.6 Å². The van der Waals surface area contributed by atoms with Crippen molar-refractivity contribution in [2.24, 2.45) is 11.8 Å². The highest BCUT2D eigenvalue weighted by molar-refractivity contribution is 6.42. The number of halogens is 2. The molecule has 0 spiro atoms. The Bertz CT molecular complexity index is 1140. The van der Waals surface area contributed by atoms with Crippen LogP contribution in [0.25, 0.3) is 0 Å². The van der Waals surface area contributed by atoms with Crippen LogP contribution in [0.1, 0.15) is 25.7 Å². The third kappa shape index (κ3) is 3.99. The SMILES string of the molecule is O=C1[C@H]2CCCC[C@H]2C(=O)N1c1ccc(N2CCN(c3ccc(Cl)c(Cl)c3)CC2)c([N+](=O)[O-])c1. The largest absolute Gasteiger partial charge is 0.368 e. The standard InChI is InChI=1S/C24H24Cl2N4O4/c25-19-7-5-15(13-20(19)26)27-9-11-28(12-10-27)21-8-6-16(14-22(21)30(33)34)29-23(31)17-3-1-2-4-18(17)24(29)32/h5-8,13-14,17-18H,1-4,9-12H2/t17-,18+. The average molecular weight is 503 g/mol. The molecule has 0 radical (unpaired) electrons. The second-order valence-electron chi connectivity index (χ2n) is 9.01. The summed E-state index contributed by atoms with van der Waals surface area (Å²) in [5, 5.41) is 12.9. The summed E-state index contributed by atoms with van der Waals surface area (Å²) in [5.41, 5.74) is 1.62. The van der Waals surface area contributed by atoms with E-state index < -0.39 is 4.92 Å². The van der Waals surface area contributed by atoms with E-state index in [1.807, 2.05) is 17.0 Å². The second kappa shape index (κ2) is 9.07. The van der Waals surface area contributed by atoms with Gasteiger partial charge in [-0.05, 0) is 43.2 Å². The van der Waals surface area contributed by atoms with E-state index in [2.05, 4.69) is 4.90 Å². The normalized spacial score (nSPS) is 22.8. The molecule has 0 unspecified atom stereocenters. The minimum absolute atomic E-state index is 0.101. The highest BCUT2D eigenvalue weighted by atomic mass is 35.5. The van der Waals surface area contributed by atoms with Crippen molar-refractivity contribution >= 4 is 57.8 Å². The number of amides is 2. The fraction of sp³-hybridized carbons (Fsp3) is 0.417. The van der Waals surface area contributed by atoms with Crippen molar-refractivity contribution in [3.8, 4) is 0 Å². The van der Waals surface area contributed by atoms with Gasteiger partial charge in [-0.1, -0.05) is 36.0 Å². The van der Waals surface area contributed by atoms with E-state index in [1.165, 1.54) is 11.0 Å². The summed E-state index contributed by atoms with van der Waals surface area (Å²) in [6.07, 6.45) is 3.27. The number of piperazine rings is 1. The summed E-state index contributed by atoms with van der Waals surface area (Å²) >= 11 is 12.2. The number of nitro benzene ring substituents is 1. The fourth-order valence-electron chi connectivity index (χ4n) is 5.37. The first-order valence-electron chi connectivity index (χ1n) is 11.5. The molecule has 0 bridgehead atoms. The summed E-state index contributed by atoms with van der Waals surface area (Å²) in [7, 11) is 0. The topological polar surface area (TPSA) is 87.0 Å². The molecule has 34 heavy (non-hydrogen) atoms. The molecule has 2 aromatic carbocycles. The Morgan fingerprint density at radius 3 is 1.97 bits per heavy atom. The smallest absolute Gasteiger partial charge is 0.294 e. The minimum atomic E-state index is -0.442. The van der Waals surface area contributed by atoms with Crippen molar-refractivity contribution in [2.45, 2.75) is 25.7 Å². The summed E-state index contributed by atoms with van der Waals surface area (Å²) in [4.78, 5) is 42.7. The van der Waals surface area contributed by atoms with Gasteiger partial charge in [0.05, 0.1) is 32.5 Å². The lowest BCUT2D eigenvalue weighted by Gasteiger charge is -2.37. The number of fused-ring (bicyclic) bond motifs is 1. The van der Waals surface area contributed by atoms with Gasteiger partial charge < -0.3 is 9.80 Å². The molecule has 178 valence electrons. The molecule has 2 saturated heterocycles. The van der Waals surface area contributed by atoms with Gasteiger partial charge in [0, 0.05) is 37.9 Å². The fourth-order valence-corrected chi connectivity index (χ4v) is 5.66. The van der Waals surface area contributed by atoms with Crippen LogP contribution in [0.4, 0.5) is 22.7 Å². The summed E-state index contributed by atoms with van der Waals surface area (Å²) in [6.45, 7) is 2.46. The lowest BCUT2D eigenvalue weighted by atomic mass is 9.81. The van der Waals surface area contributed by atoms with E-state index in [9.17, 15) is 19.7 Å². The number of nitro groups is 1. The Labute approximate surface area is 207 Å². The number of carbonyl (C=O) groups is 2. The van der Waals surface area contributed by atoms with Gasteiger partial charge in [-0.25, -0.2) is 4.90 Å². The van der Waals surface area contributed by atoms with Gasteiger partial charge in [0.25, 0.3) is 5.69 Å². The number of hydrogen-bond acceptors (Lipinski definition) is 6. The van der Waals surface area contributed by atoms with Gasteiger partial charge in [0.15, 0.2) is 0 Å². The first-order valence-corrected chi connectivity index (χ1v) is 12.2. The van der Waals surface area contributed by atoms with Crippen LogP contribution in [0.5, 0.6) is 0 Å². The van der Waals surface area contributed by atoms with Crippen LogP contribution in [-0.4, -0.2) is 42.9 Å². The van der Waals surface area contributed by atoms with E-state index in [-0.39, 0.29) is 35.0 Å². The van der Waals surface area contributed by atoms with E-state index in [0.717, 1.165) is 18.5 Å². The van der Waals surface area contributed by atoms with E-state index in [4.69, 9.17) is 23.2 Å². The first-order chi connectivity index (χ1) is 16.3. The van der Waals surface area contributed by atoms with Crippen molar-refractivity contribution in [3.63, 3.8) is 0 Å². The molecule has 2 aliphatic heterocycles. The molecule has 3 aliphatic rings. The monoisotopic (exact) mass is 502 g/mol. The third-order valence-corrected chi connectivity index (χ3v) is 7.88.